The number of anilines is 1. The first-order valence-electron chi connectivity index (χ1n) is 9.62. The van der Waals surface area contributed by atoms with Crippen LogP contribution in [0.2, 0.25) is 0 Å². The highest BCUT2D eigenvalue weighted by Crippen LogP contribution is 2.38. The molecule has 0 aliphatic carbocycles. The normalized spacial score (nSPS) is 21.8. The Labute approximate surface area is 173 Å². The van der Waals surface area contributed by atoms with Crippen LogP contribution in [0.3, 0.4) is 0 Å². The number of carbonyl (C=O) groups excluding carboxylic acids is 1. The van der Waals surface area contributed by atoms with Gasteiger partial charge in [0.1, 0.15) is 9.90 Å². The van der Waals surface area contributed by atoms with Gasteiger partial charge in [0.2, 0.25) is 0 Å². The number of nitrogens with zero attached hydrogens (tertiary/aromatic N) is 2. The number of hydrogen-bond donors (Lipinski definition) is 2. The van der Waals surface area contributed by atoms with Crippen LogP contribution in [0.1, 0.15) is 18.0 Å². The minimum Gasteiger partial charge on any atom is -0.332 e. The summed E-state index contributed by atoms with van der Waals surface area (Å²) in [7, 11) is 0.239. The van der Waals surface area contributed by atoms with Crippen LogP contribution < -0.4 is 15.8 Å². The van der Waals surface area contributed by atoms with Crippen LogP contribution in [0, 0.1) is 5.92 Å². The van der Waals surface area contributed by atoms with Gasteiger partial charge in [-0.25, -0.2) is 8.42 Å². The van der Waals surface area contributed by atoms with Crippen molar-refractivity contribution in [1.82, 2.24) is 8.87 Å². The maximum atomic E-state index is 12.9. The van der Waals surface area contributed by atoms with E-state index < -0.39 is 10.0 Å². The predicted molar refractivity (Wildman–Crippen MR) is 111 cm³/mol. The lowest BCUT2D eigenvalue weighted by molar-refractivity contribution is -0.849. The molecule has 1 amide bonds. The Morgan fingerprint density at radius 3 is 2.72 bits per heavy atom. The maximum Gasteiger partial charge on any atom is 0.279 e. The number of aromatic nitrogens is 1. The van der Waals surface area contributed by atoms with E-state index in [0.717, 1.165) is 17.0 Å². The first-order chi connectivity index (χ1) is 13.8. The van der Waals surface area contributed by atoms with E-state index in [0.29, 0.717) is 23.8 Å². The van der Waals surface area contributed by atoms with Crippen molar-refractivity contribution in [2.75, 3.05) is 39.0 Å². The molecule has 1 saturated heterocycles. The van der Waals surface area contributed by atoms with Crippen molar-refractivity contribution in [2.45, 2.75) is 23.1 Å². The molecule has 29 heavy (non-hydrogen) atoms. The van der Waals surface area contributed by atoms with E-state index in [1.54, 1.807) is 32.5 Å². The highest BCUT2D eigenvalue weighted by molar-refractivity contribution is 7.91. The number of likely N-dealkylation sites (N-methyl/N-ethyl adjacent to an activating group) is 1. The highest BCUT2D eigenvalue weighted by Gasteiger charge is 2.40. The van der Waals surface area contributed by atoms with Crippen LogP contribution in [0.5, 0.6) is 0 Å². The summed E-state index contributed by atoms with van der Waals surface area (Å²) in [6.45, 7) is 1.51. The Morgan fingerprint density at radius 1 is 1.24 bits per heavy atom. The molecule has 2 aliphatic heterocycles. The molecule has 2 N–H and O–H groups in total. The largest absolute Gasteiger partial charge is 0.332 e. The Morgan fingerprint density at radius 2 is 2.03 bits per heavy atom. The second-order valence-corrected chi connectivity index (χ2v) is 11.2. The molecule has 156 valence electrons. The highest BCUT2D eigenvalue weighted by atomic mass is 32.2. The van der Waals surface area contributed by atoms with E-state index in [9.17, 15) is 18.0 Å². The van der Waals surface area contributed by atoms with E-state index in [1.165, 1.54) is 11.3 Å². The quantitative estimate of drug-likeness (QED) is 0.678. The maximum absolute atomic E-state index is 12.9. The van der Waals surface area contributed by atoms with Gasteiger partial charge in [0.25, 0.3) is 21.5 Å². The minimum absolute atomic E-state index is 0.0269. The third-order valence-electron chi connectivity index (χ3n) is 5.45. The smallest absolute Gasteiger partial charge is 0.279 e. The van der Waals surface area contributed by atoms with E-state index in [4.69, 9.17) is 0 Å². The topological polar surface area (TPSA) is 92.9 Å². The zero-order valence-corrected chi connectivity index (χ0v) is 18.1. The molecular formula is C19H25N4O4S2+. The predicted octanol–water partition coefficient (Wildman–Crippen LogP) is -0.199. The molecular weight excluding hydrogens is 412 g/mol. The number of nitrogens with one attached hydrogen (secondary N) is 2. The molecule has 2 aromatic heterocycles. The van der Waals surface area contributed by atoms with Crippen molar-refractivity contribution in [2.24, 2.45) is 5.92 Å². The molecule has 0 saturated carbocycles. The van der Waals surface area contributed by atoms with Crippen molar-refractivity contribution in [3.63, 3.8) is 0 Å². The Balaban J connectivity index is 1.60. The number of rotatable bonds is 5. The molecule has 2 aromatic rings. The van der Waals surface area contributed by atoms with E-state index in [2.05, 4.69) is 5.32 Å². The van der Waals surface area contributed by atoms with E-state index in [-0.39, 0.29) is 35.5 Å². The third kappa shape index (κ3) is 3.89. The zero-order chi connectivity index (χ0) is 20.8. The number of fused-ring (bicyclic) bond motifs is 4. The minimum atomic E-state index is -3.50. The van der Waals surface area contributed by atoms with Crippen LogP contribution in [-0.2, 0) is 21.4 Å². The average molecular weight is 438 g/mol. The summed E-state index contributed by atoms with van der Waals surface area (Å²) >= 11 is 1.22. The van der Waals surface area contributed by atoms with Gasteiger partial charge in [0.05, 0.1) is 14.1 Å². The molecule has 10 heteroatoms. The number of thiophene rings is 1. The number of amides is 1. The van der Waals surface area contributed by atoms with Gasteiger partial charge in [-0.05, 0) is 35.9 Å². The monoisotopic (exact) mass is 437 g/mol. The van der Waals surface area contributed by atoms with Crippen LogP contribution >= 0.6 is 11.3 Å². The van der Waals surface area contributed by atoms with Crippen LogP contribution in [0.25, 0.3) is 0 Å². The molecule has 0 unspecified atom stereocenters. The van der Waals surface area contributed by atoms with E-state index in [1.807, 2.05) is 20.2 Å². The van der Waals surface area contributed by atoms with Gasteiger partial charge in [-0.1, -0.05) is 6.07 Å². The summed E-state index contributed by atoms with van der Waals surface area (Å²) < 4.78 is 29.5. The summed E-state index contributed by atoms with van der Waals surface area (Å²) in [6, 6.07) is 6.86. The number of quaternary nitrogens is 1. The lowest BCUT2D eigenvalue weighted by Crippen LogP contribution is -3.06. The van der Waals surface area contributed by atoms with Gasteiger partial charge >= 0.3 is 0 Å². The lowest BCUT2D eigenvalue weighted by Gasteiger charge is -2.42. The molecule has 0 radical (unpaired) electrons. The molecule has 4 rings (SSSR count). The van der Waals surface area contributed by atoms with Crippen LogP contribution in [0.4, 0.5) is 5.69 Å². The fourth-order valence-electron chi connectivity index (χ4n) is 4.25. The molecule has 4 heterocycles. The van der Waals surface area contributed by atoms with Crippen molar-refractivity contribution in [1.29, 1.82) is 0 Å². The Bertz CT molecular complexity index is 1080. The zero-order valence-electron chi connectivity index (χ0n) is 16.4. The Kier molecular flexibility index (Phi) is 5.36. The number of carbonyl (C=O) groups is 1. The third-order valence-corrected chi connectivity index (χ3v) is 8.65. The summed E-state index contributed by atoms with van der Waals surface area (Å²) in [5, 5.41) is 4.47. The molecule has 1 fully saturated rings. The molecule has 2 aliphatic rings. The van der Waals surface area contributed by atoms with E-state index >= 15 is 0 Å². The lowest BCUT2D eigenvalue weighted by atomic mass is 9.84. The van der Waals surface area contributed by atoms with Crippen molar-refractivity contribution in [3.8, 4) is 0 Å². The standard InChI is InChI=1S/C19H24N4O4S2/c1-21(2)12-17(24)20-15-5-6-16-14-8-13(10-23(16)19(15)25)9-22(11-14)29(26,27)18-4-3-7-28-18/h3-7,13-14H,8-12H2,1-2H3,(H,20,24)/p+1/t13-,14+/m0/s1. The number of piperidine rings is 1. The molecule has 2 atom stereocenters. The van der Waals surface area contributed by atoms with Gasteiger partial charge in [-0.3, -0.25) is 9.59 Å². The first kappa shape index (κ1) is 20.3. The average Bonchev–Trinajstić information content (AvgIpc) is 3.19. The summed E-state index contributed by atoms with van der Waals surface area (Å²) in [4.78, 5) is 26.0. The van der Waals surface area contributed by atoms with Crippen molar-refractivity contribution >= 4 is 33.0 Å². The van der Waals surface area contributed by atoms with Gasteiger partial charge in [-0.15, -0.1) is 11.3 Å². The van der Waals surface area contributed by atoms with Crippen LogP contribution in [0.15, 0.2) is 38.6 Å². The summed E-state index contributed by atoms with van der Waals surface area (Å²) in [6.07, 6.45) is 0.867. The van der Waals surface area contributed by atoms with Crippen molar-refractivity contribution < 1.29 is 18.1 Å². The van der Waals surface area contributed by atoms with Gasteiger partial charge in [0, 0.05) is 31.2 Å². The van der Waals surface area contributed by atoms with Gasteiger partial charge in [-0.2, -0.15) is 4.31 Å². The number of pyridine rings is 1. The number of hydrogen-bond acceptors (Lipinski definition) is 5. The second kappa shape index (κ2) is 7.67. The summed E-state index contributed by atoms with van der Waals surface area (Å²) in [5.74, 6) is -0.154. The summed E-state index contributed by atoms with van der Waals surface area (Å²) in [5.41, 5.74) is 0.908. The molecule has 0 aromatic carbocycles. The molecule has 8 nitrogen and oxygen atoms in total. The van der Waals surface area contributed by atoms with Gasteiger partial charge in [0.15, 0.2) is 6.54 Å². The van der Waals surface area contributed by atoms with Crippen molar-refractivity contribution in [3.05, 3.63) is 45.7 Å². The number of sulfonamides is 1. The second-order valence-electron chi connectivity index (χ2n) is 8.07. The molecule has 2 bridgehead atoms. The van der Waals surface area contributed by atoms with Gasteiger partial charge < -0.3 is 14.8 Å². The fourth-order valence-corrected chi connectivity index (χ4v) is 6.95. The fraction of sp³-hybridized carbons (Fsp3) is 0.474. The Hall–Kier alpha value is -2.01. The molecule has 0 spiro atoms. The SMILES string of the molecule is C[NH+](C)CC(=O)Nc1ccc2n(c1=O)C[C@H]1C[C@@H]2CN(S(=O)(=O)c2cccs2)C1. The first-order valence-corrected chi connectivity index (χ1v) is 11.9. The van der Waals surface area contributed by atoms with Crippen LogP contribution in [-0.4, -0.2) is 56.9 Å².